The van der Waals surface area contributed by atoms with Gasteiger partial charge in [-0.2, -0.15) is 4.98 Å². The van der Waals surface area contributed by atoms with Gasteiger partial charge >= 0.3 is 6.01 Å². The minimum absolute atomic E-state index is 0.548. The molecule has 0 aliphatic rings. The predicted octanol–water partition coefficient (Wildman–Crippen LogP) is 7.59. The van der Waals surface area contributed by atoms with E-state index in [1.54, 1.807) is 0 Å². The van der Waals surface area contributed by atoms with E-state index in [1.807, 2.05) is 12.3 Å². The molecule has 0 fully saturated rings. The number of rotatable bonds is 16. The minimum atomic E-state index is -1.83. The third-order valence-electron chi connectivity index (χ3n) is 5.47. The van der Waals surface area contributed by atoms with Crippen molar-refractivity contribution in [2.24, 2.45) is 0 Å². The van der Waals surface area contributed by atoms with Crippen LogP contribution < -0.4 is 8.85 Å². The molecule has 1 aromatic heterocycles. The van der Waals surface area contributed by atoms with Crippen molar-refractivity contribution in [3.05, 3.63) is 12.3 Å². The monoisotopic (exact) mass is 424 g/mol. The van der Waals surface area contributed by atoms with E-state index in [-0.39, 0.29) is 0 Å². The van der Waals surface area contributed by atoms with Gasteiger partial charge in [0.2, 0.25) is 5.88 Å². The SMILES string of the molecule is CCC[Si](CCC)(CCC)Oc1ccnc(O[Si](CCC)(CCC)CCC)n1. The van der Waals surface area contributed by atoms with Crippen molar-refractivity contribution in [3.8, 4) is 11.9 Å². The second-order valence-electron chi connectivity index (χ2n) is 8.25. The molecule has 162 valence electrons. The molecule has 0 saturated carbocycles. The molecule has 1 rings (SSSR count). The van der Waals surface area contributed by atoms with E-state index in [1.165, 1.54) is 74.8 Å². The fourth-order valence-corrected chi connectivity index (χ4v) is 13.3. The van der Waals surface area contributed by atoms with Crippen molar-refractivity contribution >= 4 is 16.6 Å². The molecular weight excluding hydrogens is 380 g/mol. The summed E-state index contributed by atoms with van der Waals surface area (Å²) in [6.07, 6.45) is 8.87. The van der Waals surface area contributed by atoms with Crippen LogP contribution in [0.2, 0.25) is 36.3 Å². The van der Waals surface area contributed by atoms with Gasteiger partial charge in [0.05, 0.1) is 0 Å². The molecule has 4 nitrogen and oxygen atoms in total. The molecule has 0 spiro atoms. The van der Waals surface area contributed by atoms with Crippen LogP contribution in [-0.2, 0) is 0 Å². The maximum atomic E-state index is 6.68. The molecule has 0 aliphatic heterocycles. The molecule has 0 unspecified atom stereocenters. The smallest absolute Gasteiger partial charge is 0.305 e. The highest BCUT2D eigenvalue weighted by molar-refractivity contribution is 6.74. The summed E-state index contributed by atoms with van der Waals surface area (Å²) in [5, 5.41) is 0. The van der Waals surface area contributed by atoms with Gasteiger partial charge in [0, 0.05) is 12.3 Å². The zero-order valence-electron chi connectivity index (χ0n) is 19.4. The first-order chi connectivity index (χ1) is 13.5. The van der Waals surface area contributed by atoms with Crippen molar-refractivity contribution in [1.82, 2.24) is 9.97 Å². The van der Waals surface area contributed by atoms with Crippen LogP contribution in [0, 0.1) is 0 Å². The lowest BCUT2D eigenvalue weighted by Crippen LogP contribution is -2.42. The van der Waals surface area contributed by atoms with Crippen molar-refractivity contribution < 1.29 is 8.85 Å². The second kappa shape index (κ2) is 13.4. The number of aromatic nitrogens is 2. The Morgan fingerprint density at radius 3 is 1.43 bits per heavy atom. The van der Waals surface area contributed by atoms with Crippen LogP contribution in [0.3, 0.4) is 0 Å². The van der Waals surface area contributed by atoms with Crippen molar-refractivity contribution in [3.63, 3.8) is 0 Å². The third-order valence-corrected chi connectivity index (χ3v) is 15.2. The van der Waals surface area contributed by atoms with Crippen molar-refractivity contribution in [2.75, 3.05) is 0 Å². The summed E-state index contributed by atoms with van der Waals surface area (Å²) >= 11 is 0. The quantitative estimate of drug-likeness (QED) is 0.256. The molecule has 28 heavy (non-hydrogen) atoms. The highest BCUT2D eigenvalue weighted by atomic mass is 28.4. The molecule has 1 heterocycles. The largest absolute Gasteiger partial charge is 0.530 e. The van der Waals surface area contributed by atoms with E-state index in [2.05, 4.69) is 46.5 Å². The number of hydrogen-bond donors (Lipinski definition) is 0. The van der Waals surface area contributed by atoms with Gasteiger partial charge < -0.3 is 8.85 Å². The Balaban J connectivity index is 3.08. The molecule has 0 bridgehead atoms. The van der Waals surface area contributed by atoms with Crippen LogP contribution in [0.1, 0.15) is 80.1 Å². The molecule has 0 amide bonds. The Morgan fingerprint density at radius 1 is 0.643 bits per heavy atom. The van der Waals surface area contributed by atoms with Crippen LogP contribution in [0.5, 0.6) is 11.9 Å². The summed E-state index contributed by atoms with van der Waals surface area (Å²) < 4.78 is 13.3. The summed E-state index contributed by atoms with van der Waals surface area (Å²) in [7, 11) is -3.63. The highest BCUT2D eigenvalue weighted by Gasteiger charge is 2.36. The highest BCUT2D eigenvalue weighted by Crippen LogP contribution is 2.31. The Morgan fingerprint density at radius 2 is 1.04 bits per heavy atom. The van der Waals surface area contributed by atoms with E-state index in [4.69, 9.17) is 13.8 Å². The summed E-state index contributed by atoms with van der Waals surface area (Å²) in [5.74, 6) is 0.736. The lowest BCUT2D eigenvalue weighted by molar-refractivity contribution is 0.449. The maximum Gasteiger partial charge on any atom is 0.305 e. The lowest BCUT2D eigenvalue weighted by atomic mass is 10.6. The summed E-state index contributed by atoms with van der Waals surface area (Å²) in [5.41, 5.74) is 0. The van der Waals surface area contributed by atoms with Gasteiger partial charge in [-0.25, -0.2) is 4.98 Å². The molecular formula is C22H44N2O2Si2. The zero-order chi connectivity index (χ0) is 20.9. The van der Waals surface area contributed by atoms with Gasteiger partial charge in [0.25, 0.3) is 16.6 Å². The van der Waals surface area contributed by atoms with Crippen molar-refractivity contribution in [1.29, 1.82) is 0 Å². The van der Waals surface area contributed by atoms with Gasteiger partial charge in [0.1, 0.15) is 0 Å². The fourth-order valence-electron chi connectivity index (χ4n) is 4.64. The summed E-state index contributed by atoms with van der Waals surface area (Å²) in [6, 6.07) is 9.64. The van der Waals surface area contributed by atoms with Gasteiger partial charge in [-0.05, 0) is 36.3 Å². The van der Waals surface area contributed by atoms with Gasteiger partial charge in [-0.1, -0.05) is 80.1 Å². The standard InChI is InChI=1S/C22H44N2O2Si2/c1-7-15-27(16-8-2,17-9-3)25-21-13-14-23-22(24-21)26-28(18-10-4,19-11-5)20-12-6/h13-14H,7-12,15-20H2,1-6H3. The molecule has 0 atom stereocenters. The normalized spacial score (nSPS) is 12.2. The predicted molar refractivity (Wildman–Crippen MR) is 125 cm³/mol. The molecule has 1 aromatic rings. The molecule has 6 heteroatoms. The molecule has 0 radical (unpaired) electrons. The first kappa shape index (κ1) is 25.2. The Labute approximate surface area is 176 Å². The van der Waals surface area contributed by atoms with Gasteiger partial charge in [0.15, 0.2) is 0 Å². The Bertz CT molecular complexity index is 466. The van der Waals surface area contributed by atoms with Gasteiger partial charge in [-0.15, -0.1) is 0 Å². The van der Waals surface area contributed by atoms with E-state index < -0.39 is 16.6 Å². The summed E-state index contributed by atoms with van der Waals surface area (Å²) in [4.78, 5) is 9.23. The molecule has 0 saturated heterocycles. The van der Waals surface area contributed by atoms with E-state index >= 15 is 0 Å². The average molecular weight is 425 g/mol. The van der Waals surface area contributed by atoms with Crippen LogP contribution >= 0.6 is 0 Å². The van der Waals surface area contributed by atoms with Crippen LogP contribution in [-0.4, -0.2) is 26.6 Å². The Kier molecular flexibility index (Phi) is 12.0. The van der Waals surface area contributed by atoms with E-state index in [9.17, 15) is 0 Å². The summed E-state index contributed by atoms with van der Waals surface area (Å²) in [6.45, 7) is 13.6. The molecule has 0 N–H and O–H groups in total. The Hall–Kier alpha value is -0.886. The van der Waals surface area contributed by atoms with E-state index in [0.29, 0.717) is 6.01 Å². The maximum absolute atomic E-state index is 6.68. The first-order valence-electron chi connectivity index (χ1n) is 11.7. The zero-order valence-corrected chi connectivity index (χ0v) is 21.4. The fraction of sp³-hybridized carbons (Fsp3) is 0.818. The van der Waals surface area contributed by atoms with Crippen LogP contribution in [0.25, 0.3) is 0 Å². The van der Waals surface area contributed by atoms with E-state index in [0.717, 1.165) is 5.88 Å². The number of nitrogens with zero attached hydrogens (tertiary/aromatic N) is 2. The van der Waals surface area contributed by atoms with Crippen molar-refractivity contribution in [2.45, 2.75) is 116 Å². The minimum Gasteiger partial charge on any atom is -0.530 e. The second-order valence-corrected chi connectivity index (χ2v) is 16.4. The molecule has 0 aliphatic carbocycles. The third kappa shape index (κ3) is 7.86. The van der Waals surface area contributed by atoms with Crippen LogP contribution in [0.4, 0.5) is 0 Å². The average Bonchev–Trinajstić information content (AvgIpc) is 2.63. The van der Waals surface area contributed by atoms with Crippen LogP contribution in [0.15, 0.2) is 12.3 Å². The lowest BCUT2D eigenvalue weighted by Gasteiger charge is -2.32. The number of hydrogen-bond acceptors (Lipinski definition) is 4. The topological polar surface area (TPSA) is 44.2 Å². The molecule has 0 aromatic carbocycles. The van der Waals surface area contributed by atoms with Gasteiger partial charge in [-0.3, -0.25) is 0 Å². The first-order valence-corrected chi connectivity index (χ1v) is 16.8.